The summed E-state index contributed by atoms with van der Waals surface area (Å²) >= 11 is 1.34. The average molecular weight is 350 g/mol. The predicted molar refractivity (Wildman–Crippen MR) is 89.8 cm³/mol. The molecule has 8 heteroatoms. The molecule has 2 unspecified atom stereocenters. The molecule has 0 radical (unpaired) electrons. The van der Waals surface area contributed by atoms with Crippen molar-refractivity contribution in [3.05, 3.63) is 41.3 Å². The van der Waals surface area contributed by atoms with Gasteiger partial charge in [0.1, 0.15) is 6.54 Å². The largest absolute Gasteiger partial charge is 0.480 e. The number of hydrogen-bond acceptors (Lipinski definition) is 5. The zero-order chi connectivity index (χ0) is 17.7. The molecule has 1 heterocycles. The molecule has 0 bridgehead atoms. The van der Waals surface area contributed by atoms with Crippen LogP contribution in [0.2, 0.25) is 0 Å². The van der Waals surface area contributed by atoms with Crippen LogP contribution in [0.25, 0.3) is 5.70 Å². The first-order chi connectivity index (χ1) is 11.4. The Labute approximate surface area is 143 Å². The number of rotatable bonds is 6. The van der Waals surface area contributed by atoms with E-state index in [0.29, 0.717) is 5.70 Å². The van der Waals surface area contributed by atoms with Crippen LogP contribution in [0.15, 0.2) is 35.7 Å². The van der Waals surface area contributed by atoms with Gasteiger partial charge < -0.3 is 20.4 Å². The van der Waals surface area contributed by atoms with Crippen molar-refractivity contribution in [2.24, 2.45) is 0 Å². The highest BCUT2D eigenvalue weighted by molar-refractivity contribution is 8.03. The van der Waals surface area contributed by atoms with Gasteiger partial charge in [0.2, 0.25) is 11.8 Å². The standard InChI is InChI=1S/C16H18N2O5S/c1-10(19)15(16(22)23)17-13(20)7-18-12(8-24-9-14(18)21)11-5-3-2-4-6-11/h2-6,8,10,15,19H,7,9H2,1H3,(H,17,20)(H,22,23). The summed E-state index contributed by atoms with van der Waals surface area (Å²) in [4.78, 5) is 36.7. The Morgan fingerprint density at radius 1 is 1.33 bits per heavy atom. The highest BCUT2D eigenvalue weighted by atomic mass is 32.2. The van der Waals surface area contributed by atoms with E-state index in [1.807, 2.05) is 30.3 Å². The van der Waals surface area contributed by atoms with E-state index in [9.17, 15) is 19.5 Å². The average Bonchev–Trinajstić information content (AvgIpc) is 2.54. The summed E-state index contributed by atoms with van der Waals surface area (Å²) in [5.74, 6) is -2.01. The molecular weight excluding hydrogens is 332 g/mol. The molecule has 0 aromatic heterocycles. The summed E-state index contributed by atoms with van der Waals surface area (Å²) in [7, 11) is 0. The number of carbonyl (C=O) groups excluding carboxylic acids is 2. The van der Waals surface area contributed by atoms with Crippen LogP contribution in [0.4, 0.5) is 0 Å². The summed E-state index contributed by atoms with van der Waals surface area (Å²) in [6.45, 7) is 0.966. The van der Waals surface area contributed by atoms with Gasteiger partial charge in [-0.15, -0.1) is 11.8 Å². The van der Waals surface area contributed by atoms with Crippen LogP contribution in [0.5, 0.6) is 0 Å². The number of aliphatic hydroxyl groups is 1. The SMILES string of the molecule is CC(O)C(NC(=O)CN1C(=O)CSC=C1c1ccccc1)C(=O)O. The Morgan fingerprint density at radius 3 is 2.58 bits per heavy atom. The van der Waals surface area contributed by atoms with Gasteiger partial charge in [0.05, 0.1) is 17.6 Å². The van der Waals surface area contributed by atoms with Crippen molar-refractivity contribution in [3.8, 4) is 0 Å². The first-order valence-electron chi connectivity index (χ1n) is 7.28. The molecular formula is C16H18N2O5S. The quantitative estimate of drug-likeness (QED) is 0.690. The second-order valence-corrected chi connectivity index (χ2v) is 6.14. The molecule has 3 N–H and O–H groups in total. The number of nitrogens with one attached hydrogen (secondary N) is 1. The minimum absolute atomic E-state index is 0.211. The van der Waals surface area contributed by atoms with Gasteiger partial charge in [0, 0.05) is 0 Å². The summed E-state index contributed by atoms with van der Waals surface area (Å²) < 4.78 is 0. The Hall–Kier alpha value is -2.32. The number of aliphatic hydroxyl groups excluding tert-OH is 1. The summed E-state index contributed by atoms with van der Waals surface area (Å²) in [6.07, 6.45) is -1.25. The van der Waals surface area contributed by atoms with Gasteiger partial charge in [0.25, 0.3) is 0 Å². The number of carboxylic acid groups (broad SMARTS) is 1. The highest BCUT2D eigenvalue weighted by Crippen LogP contribution is 2.27. The molecule has 0 aliphatic carbocycles. The lowest BCUT2D eigenvalue weighted by Gasteiger charge is -2.29. The Kier molecular flexibility index (Phi) is 5.99. The van der Waals surface area contributed by atoms with Crippen molar-refractivity contribution in [2.75, 3.05) is 12.3 Å². The van der Waals surface area contributed by atoms with Gasteiger partial charge >= 0.3 is 5.97 Å². The van der Waals surface area contributed by atoms with Crippen LogP contribution in [0.1, 0.15) is 12.5 Å². The fourth-order valence-corrected chi connectivity index (χ4v) is 3.03. The lowest BCUT2D eigenvalue weighted by Crippen LogP contribution is -2.51. The number of carbonyl (C=O) groups is 3. The number of carboxylic acids is 1. The van der Waals surface area contributed by atoms with E-state index in [2.05, 4.69) is 5.32 Å². The minimum atomic E-state index is -1.42. The maximum absolute atomic E-state index is 12.2. The molecule has 7 nitrogen and oxygen atoms in total. The van der Waals surface area contributed by atoms with Crippen molar-refractivity contribution in [1.29, 1.82) is 0 Å². The third-order valence-corrected chi connectivity index (χ3v) is 4.23. The van der Waals surface area contributed by atoms with Crippen LogP contribution < -0.4 is 5.32 Å². The van der Waals surface area contributed by atoms with Gasteiger partial charge in [-0.2, -0.15) is 0 Å². The zero-order valence-corrected chi connectivity index (χ0v) is 13.8. The molecule has 0 spiro atoms. The normalized spacial score (nSPS) is 17.0. The Morgan fingerprint density at radius 2 is 2.00 bits per heavy atom. The Balaban J connectivity index is 2.14. The minimum Gasteiger partial charge on any atom is -0.480 e. The molecule has 0 fully saturated rings. The van der Waals surface area contributed by atoms with Crippen molar-refractivity contribution in [1.82, 2.24) is 10.2 Å². The topological polar surface area (TPSA) is 107 Å². The van der Waals surface area contributed by atoms with E-state index in [-0.39, 0.29) is 18.2 Å². The fourth-order valence-electron chi connectivity index (χ4n) is 2.23. The molecule has 0 saturated heterocycles. The van der Waals surface area contributed by atoms with Gasteiger partial charge in [-0.05, 0) is 17.9 Å². The lowest BCUT2D eigenvalue weighted by atomic mass is 10.1. The number of amides is 2. The third-order valence-electron chi connectivity index (χ3n) is 3.43. The van der Waals surface area contributed by atoms with Crippen LogP contribution in [-0.4, -0.2) is 57.3 Å². The van der Waals surface area contributed by atoms with E-state index < -0.39 is 24.0 Å². The first kappa shape index (κ1) is 18.0. The number of benzene rings is 1. The van der Waals surface area contributed by atoms with Gasteiger partial charge in [-0.3, -0.25) is 9.59 Å². The number of hydrogen-bond donors (Lipinski definition) is 3. The number of aliphatic carboxylic acids is 1. The van der Waals surface area contributed by atoms with Crippen LogP contribution in [0.3, 0.4) is 0 Å². The third kappa shape index (κ3) is 4.36. The number of nitrogens with zero attached hydrogens (tertiary/aromatic N) is 1. The summed E-state index contributed by atoms with van der Waals surface area (Å²) in [6, 6.07) is 7.73. The van der Waals surface area contributed by atoms with E-state index in [1.54, 1.807) is 5.41 Å². The smallest absolute Gasteiger partial charge is 0.328 e. The molecule has 0 saturated carbocycles. The molecule has 2 rings (SSSR count). The van der Waals surface area contributed by atoms with Gasteiger partial charge in [0.15, 0.2) is 6.04 Å². The van der Waals surface area contributed by atoms with Crippen molar-refractivity contribution in [3.63, 3.8) is 0 Å². The van der Waals surface area contributed by atoms with Gasteiger partial charge in [-0.25, -0.2) is 4.79 Å². The number of thioether (sulfide) groups is 1. The van der Waals surface area contributed by atoms with Crippen molar-refractivity contribution in [2.45, 2.75) is 19.1 Å². The molecule has 24 heavy (non-hydrogen) atoms. The van der Waals surface area contributed by atoms with E-state index >= 15 is 0 Å². The van der Waals surface area contributed by atoms with E-state index in [1.165, 1.54) is 23.6 Å². The van der Waals surface area contributed by atoms with Crippen LogP contribution >= 0.6 is 11.8 Å². The zero-order valence-electron chi connectivity index (χ0n) is 13.0. The maximum Gasteiger partial charge on any atom is 0.328 e. The second kappa shape index (κ2) is 7.98. The summed E-state index contributed by atoms with van der Waals surface area (Å²) in [5.41, 5.74) is 1.38. The second-order valence-electron chi connectivity index (χ2n) is 5.28. The molecule has 1 aromatic carbocycles. The lowest BCUT2D eigenvalue weighted by molar-refractivity contribution is -0.145. The molecule has 128 valence electrons. The van der Waals surface area contributed by atoms with E-state index in [0.717, 1.165) is 5.56 Å². The monoisotopic (exact) mass is 350 g/mol. The van der Waals surface area contributed by atoms with Crippen LogP contribution in [0, 0.1) is 0 Å². The van der Waals surface area contributed by atoms with Crippen molar-refractivity contribution >= 4 is 35.2 Å². The molecule has 2 amide bonds. The van der Waals surface area contributed by atoms with E-state index in [4.69, 9.17) is 5.11 Å². The van der Waals surface area contributed by atoms with Crippen LogP contribution in [-0.2, 0) is 14.4 Å². The molecule has 1 aliphatic rings. The Bertz CT molecular complexity index is 660. The fraction of sp³-hybridized carbons (Fsp3) is 0.312. The molecule has 2 atom stereocenters. The van der Waals surface area contributed by atoms with Crippen molar-refractivity contribution < 1.29 is 24.6 Å². The summed E-state index contributed by atoms with van der Waals surface area (Å²) in [5, 5.41) is 22.5. The molecule has 1 aliphatic heterocycles. The first-order valence-corrected chi connectivity index (χ1v) is 8.33. The van der Waals surface area contributed by atoms with Gasteiger partial charge in [-0.1, -0.05) is 30.3 Å². The maximum atomic E-state index is 12.2. The predicted octanol–water partition coefficient (Wildman–Crippen LogP) is 0.511. The highest BCUT2D eigenvalue weighted by Gasteiger charge is 2.29. The molecule has 1 aromatic rings.